The lowest BCUT2D eigenvalue weighted by Gasteiger charge is -2.26. The highest BCUT2D eigenvalue weighted by molar-refractivity contribution is 9.09. The molecule has 0 amide bonds. The van der Waals surface area contributed by atoms with Gasteiger partial charge in [-0.25, -0.2) is 0 Å². The molecule has 1 rings (SSSR count). The Morgan fingerprint density at radius 1 is 1.60 bits per heavy atom. The summed E-state index contributed by atoms with van der Waals surface area (Å²) < 4.78 is 5.60. The van der Waals surface area contributed by atoms with Gasteiger partial charge >= 0.3 is 0 Å². The second-order valence-corrected chi connectivity index (χ2v) is 3.68. The Morgan fingerprint density at radius 2 is 2.40 bits per heavy atom. The molecule has 0 spiro atoms. The second kappa shape index (κ2) is 4.35. The van der Waals surface area contributed by atoms with E-state index in [9.17, 15) is 0 Å². The zero-order valence-electron chi connectivity index (χ0n) is 6.48. The summed E-state index contributed by atoms with van der Waals surface area (Å²) in [6, 6.07) is 0. The fourth-order valence-corrected chi connectivity index (χ4v) is 1.73. The first-order valence-corrected chi connectivity index (χ1v) is 5.14. The maximum absolute atomic E-state index is 5.60. The van der Waals surface area contributed by atoms with Crippen molar-refractivity contribution in [3.8, 4) is 0 Å². The van der Waals surface area contributed by atoms with Crippen LogP contribution in [-0.4, -0.2) is 18.0 Å². The van der Waals surface area contributed by atoms with Crippen LogP contribution in [0.1, 0.15) is 26.2 Å². The van der Waals surface area contributed by atoms with E-state index in [0.29, 0.717) is 12.0 Å². The number of alkyl halides is 1. The van der Waals surface area contributed by atoms with E-state index in [0.717, 1.165) is 11.9 Å². The Labute approximate surface area is 71.3 Å². The summed E-state index contributed by atoms with van der Waals surface area (Å²) in [5, 5.41) is 1.07. The fraction of sp³-hybridized carbons (Fsp3) is 1.00. The lowest BCUT2D eigenvalue weighted by atomic mass is 9.99. The van der Waals surface area contributed by atoms with Crippen LogP contribution in [0, 0.1) is 5.92 Å². The third-order valence-electron chi connectivity index (χ3n) is 2.09. The zero-order valence-corrected chi connectivity index (χ0v) is 8.06. The van der Waals surface area contributed by atoms with Crippen molar-refractivity contribution in [2.45, 2.75) is 32.3 Å². The largest absolute Gasteiger partial charge is 0.378 e. The predicted octanol–water partition coefficient (Wildman–Crippen LogP) is 2.59. The van der Waals surface area contributed by atoms with Crippen LogP contribution in [-0.2, 0) is 4.74 Å². The van der Waals surface area contributed by atoms with Gasteiger partial charge in [-0.05, 0) is 25.2 Å². The summed E-state index contributed by atoms with van der Waals surface area (Å²) in [7, 11) is 0. The summed E-state index contributed by atoms with van der Waals surface area (Å²) in [4.78, 5) is 0. The van der Waals surface area contributed by atoms with Crippen molar-refractivity contribution < 1.29 is 4.74 Å². The van der Waals surface area contributed by atoms with Gasteiger partial charge < -0.3 is 4.74 Å². The van der Waals surface area contributed by atoms with E-state index in [2.05, 4.69) is 22.9 Å². The van der Waals surface area contributed by atoms with Crippen LogP contribution in [0.4, 0.5) is 0 Å². The minimum absolute atomic E-state index is 0.521. The van der Waals surface area contributed by atoms with Crippen molar-refractivity contribution >= 4 is 15.9 Å². The van der Waals surface area contributed by atoms with Gasteiger partial charge in [0.25, 0.3) is 0 Å². The third-order valence-corrected chi connectivity index (χ3v) is 3.11. The van der Waals surface area contributed by atoms with Crippen molar-refractivity contribution in [3.05, 3.63) is 0 Å². The quantitative estimate of drug-likeness (QED) is 0.632. The van der Waals surface area contributed by atoms with E-state index >= 15 is 0 Å². The molecule has 0 aromatic heterocycles. The Hall–Kier alpha value is 0.440. The lowest BCUT2D eigenvalue weighted by Crippen LogP contribution is -2.26. The molecule has 0 N–H and O–H groups in total. The molecule has 1 aliphatic heterocycles. The van der Waals surface area contributed by atoms with Crippen molar-refractivity contribution in [1.29, 1.82) is 0 Å². The van der Waals surface area contributed by atoms with Gasteiger partial charge in [0.2, 0.25) is 0 Å². The maximum atomic E-state index is 5.60. The monoisotopic (exact) mass is 206 g/mol. The molecule has 60 valence electrons. The van der Waals surface area contributed by atoms with Gasteiger partial charge in [-0.15, -0.1) is 0 Å². The molecule has 0 aliphatic carbocycles. The molecule has 0 bridgehead atoms. The highest BCUT2D eigenvalue weighted by Crippen LogP contribution is 2.20. The molecule has 0 radical (unpaired) electrons. The predicted molar refractivity (Wildman–Crippen MR) is 46.5 cm³/mol. The molecule has 2 heteroatoms. The SMILES string of the molecule is CC(CBr)C1CCCCO1. The van der Waals surface area contributed by atoms with E-state index in [4.69, 9.17) is 4.74 Å². The van der Waals surface area contributed by atoms with Gasteiger partial charge in [-0.3, -0.25) is 0 Å². The molecule has 1 fully saturated rings. The number of rotatable bonds is 2. The number of ether oxygens (including phenoxy) is 1. The molecule has 2 unspecified atom stereocenters. The van der Waals surface area contributed by atoms with Crippen LogP contribution in [0.25, 0.3) is 0 Å². The molecular formula is C8H15BrO. The second-order valence-electron chi connectivity index (χ2n) is 3.04. The first-order valence-electron chi connectivity index (χ1n) is 4.02. The Balaban J connectivity index is 2.24. The highest BCUT2D eigenvalue weighted by Gasteiger charge is 2.19. The normalized spacial score (nSPS) is 30.0. The van der Waals surface area contributed by atoms with Gasteiger partial charge in [-0.2, -0.15) is 0 Å². The number of hydrogen-bond acceptors (Lipinski definition) is 1. The van der Waals surface area contributed by atoms with Crippen molar-refractivity contribution in [2.24, 2.45) is 5.92 Å². The molecule has 1 aliphatic rings. The van der Waals surface area contributed by atoms with Gasteiger partial charge in [0, 0.05) is 11.9 Å². The molecule has 0 aromatic rings. The van der Waals surface area contributed by atoms with Crippen LogP contribution >= 0.6 is 15.9 Å². The van der Waals surface area contributed by atoms with E-state index < -0.39 is 0 Å². The number of hydrogen-bond donors (Lipinski definition) is 0. The lowest BCUT2D eigenvalue weighted by molar-refractivity contribution is -0.0101. The van der Waals surface area contributed by atoms with Crippen molar-refractivity contribution in [1.82, 2.24) is 0 Å². The van der Waals surface area contributed by atoms with Crippen LogP contribution < -0.4 is 0 Å². The van der Waals surface area contributed by atoms with Gasteiger partial charge in [0.05, 0.1) is 6.10 Å². The van der Waals surface area contributed by atoms with Crippen LogP contribution in [0.15, 0.2) is 0 Å². The van der Waals surface area contributed by atoms with E-state index in [1.165, 1.54) is 19.3 Å². The Kier molecular flexibility index (Phi) is 3.71. The van der Waals surface area contributed by atoms with E-state index in [1.807, 2.05) is 0 Å². The molecule has 0 saturated carbocycles. The third kappa shape index (κ3) is 2.24. The zero-order chi connectivity index (χ0) is 7.40. The molecule has 1 saturated heterocycles. The topological polar surface area (TPSA) is 9.23 Å². The molecule has 2 atom stereocenters. The average molecular weight is 207 g/mol. The summed E-state index contributed by atoms with van der Waals surface area (Å²) in [5.74, 6) is 0.681. The van der Waals surface area contributed by atoms with Crippen molar-refractivity contribution in [2.75, 3.05) is 11.9 Å². The standard InChI is InChI=1S/C8H15BrO/c1-7(6-9)8-4-2-3-5-10-8/h7-8H,2-6H2,1H3. The maximum Gasteiger partial charge on any atom is 0.0608 e. The van der Waals surface area contributed by atoms with E-state index in [1.54, 1.807) is 0 Å². The van der Waals surface area contributed by atoms with Crippen LogP contribution in [0.2, 0.25) is 0 Å². The van der Waals surface area contributed by atoms with Crippen LogP contribution in [0.3, 0.4) is 0 Å². The molecular weight excluding hydrogens is 192 g/mol. The smallest absolute Gasteiger partial charge is 0.0608 e. The number of halogens is 1. The average Bonchev–Trinajstić information content (AvgIpc) is 2.05. The highest BCUT2D eigenvalue weighted by atomic mass is 79.9. The molecule has 0 aromatic carbocycles. The Morgan fingerprint density at radius 3 is 2.90 bits per heavy atom. The van der Waals surface area contributed by atoms with Crippen LogP contribution in [0.5, 0.6) is 0 Å². The van der Waals surface area contributed by atoms with Gasteiger partial charge in [0.15, 0.2) is 0 Å². The van der Waals surface area contributed by atoms with Gasteiger partial charge in [0.1, 0.15) is 0 Å². The first kappa shape index (κ1) is 8.54. The van der Waals surface area contributed by atoms with E-state index in [-0.39, 0.29) is 0 Å². The first-order chi connectivity index (χ1) is 4.84. The molecule has 1 heterocycles. The van der Waals surface area contributed by atoms with Crippen molar-refractivity contribution in [3.63, 3.8) is 0 Å². The summed E-state index contributed by atoms with van der Waals surface area (Å²) in [6.07, 6.45) is 4.38. The summed E-state index contributed by atoms with van der Waals surface area (Å²) in [5.41, 5.74) is 0. The minimum Gasteiger partial charge on any atom is -0.378 e. The molecule has 10 heavy (non-hydrogen) atoms. The fourth-order valence-electron chi connectivity index (χ4n) is 1.31. The Bertz CT molecular complexity index is 89.3. The minimum atomic E-state index is 0.521. The summed E-state index contributed by atoms with van der Waals surface area (Å²) >= 11 is 3.47. The molecule has 1 nitrogen and oxygen atoms in total. The summed E-state index contributed by atoms with van der Waals surface area (Å²) in [6.45, 7) is 3.22. The van der Waals surface area contributed by atoms with Gasteiger partial charge in [-0.1, -0.05) is 22.9 Å².